The quantitative estimate of drug-likeness (QED) is 0.116. The average molecular weight is 553 g/mol. The van der Waals surface area contributed by atoms with Gasteiger partial charge in [-0.3, -0.25) is 14.9 Å². The van der Waals surface area contributed by atoms with E-state index in [1.165, 1.54) is 42.1 Å². The summed E-state index contributed by atoms with van der Waals surface area (Å²) < 4.78 is 46.2. The molecule has 0 bridgehead atoms. The number of rotatable bonds is 10. The Hall–Kier alpha value is -4.22. The molecule has 0 saturated carbocycles. The van der Waals surface area contributed by atoms with Crippen LogP contribution >= 0.6 is 11.8 Å². The van der Waals surface area contributed by atoms with Crippen molar-refractivity contribution in [3.63, 3.8) is 0 Å². The molecular formula is C27H21FN2O6S2. The molecule has 1 N–H and O–H groups in total. The van der Waals surface area contributed by atoms with Gasteiger partial charge in [0.1, 0.15) is 5.82 Å². The highest BCUT2D eigenvalue weighted by Crippen LogP contribution is 2.30. The number of amides is 1. The fourth-order valence-electron chi connectivity index (χ4n) is 3.45. The lowest BCUT2D eigenvalue weighted by Crippen LogP contribution is -2.30. The van der Waals surface area contributed by atoms with Gasteiger partial charge in [0.05, 0.1) is 16.4 Å². The smallest absolute Gasteiger partial charge is 0.312 e. The summed E-state index contributed by atoms with van der Waals surface area (Å²) in [5.41, 5.74) is 0.954. The molecule has 11 heteroatoms. The van der Waals surface area contributed by atoms with Gasteiger partial charge >= 0.3 is 5.69 Å². The van der Waals surface area contributed by atoms with E-state index in [0.717, 1.165) is 22.6 Å². The van der Waals surface area contributed by atoms with Crippen LogP contribution in [0.15, 0.2) is 107 Å². The Morgan fingerprint density at radius 1 is 0.921 bits per heavy atom. The Balaban J connectivity index is 1.43. The van der Waals surface area contributed by atoms with Crippen molar-refractivity contribution < 1.29 is 27.3 Å². The number of sulfonamides is 1. The number of hydrogen-bond acceptors (Lipinski definition) is 7. The molecule has 38 heavy (non-hydrogen) atoms. The van der Waals surface area contributed by atoms with Crippen LogP contribution in [-0.4, -0.2) is 31.6 Å². The van der Waals surface area contributed by atoms with E-state index in [9.17, 15) is 27.7 Å². The standard InChI is InChI=1S/C27H21FN2O6S2/c28-22-12-10-20(11-13-22)19-6-8-21(9-7-19)27(31)29-38(34,35)24-14-15-26(25(18-24)30(32)33)36-16-17-37-23-4-2-1-3-5-23/h1-15,18H,16-17H2,(H,29,31). The van der Waals surface area contributed by atoms with Crippen LogP contribution in [0.1, 0.15) is 10.4 Å². The molecule has 194 valence electrons. The number of nitro benzene ring substituents is 1. The summed E-state index contributed by atoms with van der Waals surface area (Å²) in [7, 11) is -4.41. The van der Waals surface area contributed by atoms with Gasteiger partial charge < -0.3 is 4.74 Å². The topological polar surface area (TPSA) is 116 Å². The van der Waals surface area contributed by atoms with Crippen LogP contribution in [0.4, 0.5) is 10.1 Å². The van der Waals surface area contributed by atoms with Gasteiger partial charge in [-0.2, -0.15) is 0 Å². The second kappa shape index (κ2) is 11.9. The van der Waals surface area contributed by atoms with E-state index in [1.54, 1.807) is 24.3 Å². The van der Waals surface area contributed by atoms with Gasteiger partial charge in [-0.25, -0.2) is 17.5 Å². The van der Waals surface area contributed by atoms with Crippen molar-refractivity contribution >= 4 is 33.4 Å². The summed E-state index contributed by atoms with van der Waals surface area (Å²) >= 11 is 1.51. The molecular weight excluding hydrogens is 531 g/mol. The SMILES string of the molecule is O=C(NS(=O)(=O)c1ccc(OCCSc2ccccc2)c([N+](=O)[O-])c1)c1ccc(-c2ccc(F)cc2)cc1. The van der Waals surface area contributed by atoms with Crippen molar-refractivity contribution in [2.24, 2.45) is 0 Å². The van der Waals surface area contributed by atoms with E-state index in [1.807, 2.05) is 35.1 Å². The van der Waals surface area contributed by atoms with Crippen LogP contribution in [-0.2, 0) is 10.0 Å². The first-order chi connectivity index (χ1) is 18.2. The van der Waals surface area contributed by atoms with E-state index in [4.69, 9.17) is 4.74 Å². The van der Waals surface area contributed by atoms with Crippen molar-refractivity contribution in [3.05, 3.63) is 119 Å². The summed E-state index contributed by atoms with van der Waals surface area (Å²) in [6.07, 6.45) is 0. The molecule has 0 spiro atoms. The van der Waals surface area contributed by atoms with Gasteiger partial charge in [0.15, 0.2) is 5.75 Å². The summed E-state index contributed by atoms with van der Waals surface area (Å²) in [5.74, 6) is -0.837. The maximum atomic E-state index is 13.1. The maximum Gasteiger partial charge on any atom is 0.312 e. The first kappa shape index (κ1) is 26.8. The molecule has 0 heterocycles. The minimum atomic E-state index is -4.41. The fourth-order valence-corrected chi connectivity index (χ4v) is 5.20. The molecule has 0 saturated heterocycles. The molecule has 4 rings (SSSR count). The van der Waals surface area contributed by atoms with Gasteiger partial charge in [0.25, 0.3) is 15.9 Å². The third-order valence-electron chi connectivity index (χ3n) is 5.34. The van der Waals surface area contributed by atoms with Gasteiger partial charge in [0, 0.05) is 22.3 Å². The van der Waals surface area contributed by atoms with Crippen molar-refractivity contribution in [1.29, 1.82) is 0 Å². The Morgan fingerprint density at radius 2 is 1.55 bits per heavy atom. The lowest BCUT2D eigenvalue weighted by atomic mass is 10.0. The number of nitro groups is 1. The highest BCUT2D eigenvalue weighted by atomic mass is 32.2. The average Bonchev–Trinajstić information content (AvgIpc) is 2.92. The highest BCUT2D eigenvalue weighted by molar-refractivity contribution is 7.99. The number of carbonyl (C=O) groups is 1. The first-order valence-corrected chi connectivity index (χ1v) is 13.7. The Labute approximate surface area is 222 Å². The van der Waals surface area contributed by atoms with E-state index >= 15 is 0 Å². The zero-order valence-electron chi connectivity index (χ0n) is 19.7. The minimum Gasteiger partial charge on any atom is -0.486 e. The van der Waals surface area contributed by atoms with E-state index in [-0.39, 0.29) is 23.7 Å². The van der Waals surface area contributed by atoms with Gasteiger partial charge in [-0.1, -0.05) is 42.5 Å². The van der Waals surface area contributed by atoms with Crippen LogP contribution < -0.4 is 9.46 Å². The van der Waals surface area contributed by atoms with Crippen molar-refractivity contribution in [2.45, 2.75) is 9.79 Å². The highest BCUT2D eigenvalue weighted by Gasteiger charge is 2.24. The minimum absolute atomic E-state index is 0.0600. The Kier molecular flexibility index (Phi) is 8.39. The van der Waals surface area contributed by atoms with E-state index in [0.29, 0.717) is 11.3 Å². The molecule has 0 radical (unpaired) electrons. The second-order valence-corrected chi connectivity index (χ2v) is 10.8. The Bertz CT molecular complexity index is 1550. The summed E-state index contributed by atoms with van der Waals surface area (Å²) in [4.78, 5) is 24.0. The number of carbonyl (C=O) groups excluding carboxylic acids is 1. The third kappa shape index (κ3) is 6.75. The Morgan fingerprint density at radius 3 is 2.18 bits per heavy atom. The molecule has 8 nitrogen and oxygen atoms in total. The molecule has 1 amide bonds. The largest absolute Gasteiger partial charge is 0.486 e. The molecule has 0 aliphatic carbocycles. The molecule has 0 aliphatic rings. The number of hydrogen-bond donors (Lipinski definition) is 1. The van der Waals surface area contributed by atoms with Crippen LogP contribution in [0.25, 0.3) is 11.1 Å². The van der Waals surface area contributed by atoms with Crippen LogP contribution in [0.3, 0.4) is 0 Å². The van der Waals surface area contributed by atoms with Gasteiger partial charge in [-0.05, 0) is 59.7 Å². The fraction of sp³-hybridized carbons (Fsp3) is 0.0741. The summed E-state index contributed by atoms with van der Waals surface area (Å²) in [6.45, 7) is 0.164. The van der Waals surface area contributed by atoms with Crippen LogP contribution in [0, 0.1) is 15.9 Å². The van der Waals surface area contributed by atoms with Gasteiger partial charge in [-0.15, -0.1) is 11.8 Å². The number of nitrogens with one attached hydrogen (secondary N) is 1. The molecule has 0 unspecified atom stereocenters. The predicted molar refractivity (Wildman–Crippen MR) is 142 cm³/mol. The molecule has 0 aliphatic heterocycles. The summed E-state index contributed by atoms with van der Waals surface area (Å²) in [6, 6.07) is 24.6. The molecule has 0 aromatic heterocycles. The third-order valence-corrected chi connectivity index (χ3v) is 7.65. The van der Waals surface area contributed by atoms with E-state index < -0.39 is 31.4 Å². The predicted octanol–water partition coefficient (Wildman–Crippen LogP) is 5.69. The molecule has 0 atom stereocenters. The normalized spacial score (nSPS) is 11.1. The van der Waals surface area contributed by atoms with Crippen molar-refractivity contribution in [1.82, 2.24) is 4.72 Å². The lowest BCUT2D eigenvalue weighted by Gasteiger charge is -2.10. The zero-order valence-corrected chi connectivity index (χ0v) is 21.4. The molecule has 0 fully saturated rings. The van der Waals surface area contributed by atoms with Crippen LogP contribution in [0.2, 0.25) is 0 Å². The number of thioether (sulfide) groups is 1. The van der Waals surface area contributed by atoms with Gasteiger partial charge in [0.2, 0.25) is 0 Å². The molecule has 4 aromatic rings. The van der Waals surface area contributed by atoms with Crippen molar-refractivity contribution in [3.8, 4) is 16.9 Å². The van der Waals surface area contributed by atoms with E-state index in [2.05, 4.69) is 0 Å². The zero-order chi connectivity index (χ0) is 27.1. The molecule has 4 aromatic carbocycles. The van der Waals surface area contributed by atoms with Crippen LogP contribution in [0.5, 0.6) is 5.75 Å². The number of benzene rings is 4. The first-order valence-electron chi connectivity index (χ1n) is 11.3. The number of ether oxygens (including phenoxy) is 1. The monoisotopic (exact) mass is 552 g/mol. The number of nitrogens with zero attached hydrogens (tertiary/aromatic N) is 1. The van der Waals surface area contributed by atoms with Crippen molar-refractivity contribution in [2.75, 3.05) is 12.4 Å². The lowest BCUT2D eigenvalue weighted by molar-refractivity contribution is -0.386. The summed E-state index contributed by atoms with van der Waals surface area (Å²) in [5, 5.41) is 11.6. The number of halogens is 1. The maximum absolute atomic E-state index is 13.1. The second-order valence-electron chi connectivity index (χ2n) is 7.92.